The van der Waals surface area contributed by atoms with Gasteiger partial charge in [0.25, 0.3) is 17.7 Å². The van der Waals surface area contributed by atoms with Crippen LogP contribution in [0, 0.1) is 53.3 Å². The number of benzene rings is 4. The fourth-order valence-corrected chi connectivity index (χ4v) is 9.90. The van der Waals surface area contributed by atoms with Gasteiger partial charge in [0, 0.05) is 130 Å². The van der Waals surface area contributed by atoms with Crippen LogP contribution in [0.4, 0.5) is 0 Å². The van der Waals surface area contributed by atoms with E-state index in [9.17, 15) is 14.4 Å². The maximum Gasteiger partial charge on any atom is 0.251 e. The predicted molar refractivity (Wildman–Crippen MR) is 437 cm³/mol. The zero-order valence-corrected chi connectivity index (χ0v) is 69.7. The molecule has 0 bridgehead atoms. The van der Waals surface area contributed by atoms with Crippen molar-refractivity contribution in [2.75, 3.05) is 340 Å². The number of carbonyl (C=O) groups excluding carboxylic acids is 3. The summed E-state index contributed by atoms with van der Waals surface area (Å²) >= 11 is 0. The van der Waals surface area contributed by atoms with E-state index in [0.717, 1.165) is 0 Å². The first kappa shape index (κ1) is 102. The van der Waals surface area contributed by atoms with Gasteiger partial charge < -0.3 is 130 Å². The van der Waals surface area contributed by atoms with Crippen LogP contribution in [0.3, 0.4) is 0 Å². The molecule has 0 aliphatic carbocycles. The van der Waals surface area contributed by atoms with Crippen molar-refractivity contribution >= 4 is 17.7 Å². The molecule has 0 heterocycles. The number of hydrogen-bond donors (Lipinski definition) is 3. The quantitative estimate of drug-likeness (QED) is 0.0382. The van der Waals surface area contributed by atoms with Crippen LogP contribution in [0.1, 0.15) is 64.5 Å². The SMILES string of the molecule is COCCOCCOCCOCC(CNC(=O)c1ccc(C#Cc2cc(C#Cc3ccc(C(=O)NCC(COCCOCCOCCOC)COCCOCCOCCOC)cc3)cc(C#Cc3ccc(C(=O)NCC(COCCOCCOCCOC)COCCOCCOCCOC)cc3)c2)cc1)COCCOCCOCCOC. The molecule has 0 radical (unpaired) electrons. The summed E-state index contributed by atoms with van der Waals surface area (Å²) in [6.45, 7) is 18.5. The van der Waals surface area contributed by atoms with E-state index in [0.29, 0.717) is 328 Å². The summed E-state index contributed by atoms with van der Waals surface area (Å²) in [6.07, 6.45) is 0. The van der Waals surface area contributed by atoms with Gasteiger partial charge in [-0.15, -0.1) is 0 Å². The first-order valence-corrected chi connectivity index (χ1v) is 39.9. The van der Waals surface area contributed by atoms with Crippen LogP contribution in [-0.4, -0.2) is 358 Å². The van der Waals surface area contributed by atoms with Crippen molar-refractivity contribution in [2.45, 2.75) is 0 Å². The molecule has 30 nitrogen and oxygen atoms in total. The zero-order chi connectivity index (χ0) is 83.4. The summed E-state index contributed by atoms with van der Waals surface area (Å²) in [5.74, 6) is 18.3. The molecule has 0 atom stereocenters. The third-order valence-corrected chi connectivity index (χ3v) is 16.3. The van der Waals surface area contributed by atoms with Gasteiger partial charge in [-0.3, -0.25) is 14.4 Å². The molecule has 0 fully saturated rings. The molecule has 117 heavy (non-hydrogen) atoms. The normalized spacial score (nSPS) is 11.3. The summed E-state index contributed by atoms with van der Waals surface area (Å²) in [6, 6.07) is 26.7. The van der Waals surface area contributed by atoms with Gasteiger partial charge in [-0.05, 0) is 91.0 Å². The van der Waals surface area contributed by atoms with Gasteiger partial charge in [-0.2, -0.15) is 0 Å². The van der Waals surface area contributed by atoms with Crippen LogP contribution in [0.5, 0.6) is 0 Å². The number of methoxy groups -OCH3 is 6. The number of amides is 3. The fraction of sp³-hybridized carbons (Fsp3) is 0.621. The smallest absolute Gasteiger partial charge is 0.251 e. The van der Waals surface area contributed by atoms with E-state index in [1.165, 1.54) is 0 Å². The summed E-state index contributed by atoms with van der Waals surface area (Å²) < 4.78 is 133. The molecule has 0 saturated carbocycles. The van der Waals surface area contributed by atoms with Crippen molar-refractivity contribution < 1.29 is 128 Å². The largest absolute Gasteiger partial charge is 0.382 e. The Hall–Kier alpha value is -6.99. The molecule has 3 N–H and O–H groups in total. The van der Waals surface area contributed by atoms with Crippen LogP contribution in [-0.2, 0) is 114 Å². The van der Waals surface area contributed by atoms with Crippen LogP contribution < -0.4 is 16.0 Å². The summed E-state index contributed by atoms with van der Waals surface area (Å²) in [7, 11) is 9.74. The van der Waals surface area contributed by atoms with E-state index in [4.69, 9.17) is 114 Å². The Morgan fingerprint density at radius 2 is 0.359 bits per heavy atom. The van der Waals surface area contributed by atoms with Crippen molar-refractivity contribution in [2.24, 2.45) is 17.8 Å². The second-order valence-electron chi connectivity index (χ2n) is 25.8. The van der Waals surface area contributed by atoms with Crippen LogP contribution in [0.25, 0.3) is 0 Å². The molecule has 4 aromatic carbocycles. The molecule has 0 aliphatic heterocycles. The standard InChI is InChI=1S/C87H129N3O27/c1-94-25-31-100-37-43-106-49-55-112-67-79(68-113-56-50-107-44-38-101-32-26-95-2)64-88-85(91)82-19-13-73(14-20-82)7-10-76-61-77(11-8-74-15-21-83(22-16-74)86(92)89-65-80(69-114-57-51-108-45-39-102-33-27-96-3)70-115-58-52-109-46-40-103-34-28-97-4)63-78(62-76)12-9-75-17-23-84(24-18-75)87(93)90-66-81(71-116-59-53-110-47-41-104-35-29-98-5)72-117-60-54-111-48-42-105-36-30-99-6/h13-24,61-63,79-81H,25-60,64-72H2,1-6H3,(H,88,91)(H,89,92)(H,90,93). The molecule has 0 aromatic heterocycles. The van der Waals surface area contributed by atoms with E-state index < -0.39 is 0 Å². The van der Waals surface area contributed by atoms with Crippen molar-refractivity contribution in [1.29, 1.82) is 0 Å². The first-order chi connectivity index (χ1) is 57.7. The minimum atomic E-state index is -0.270. The van der Waals surface area contributed by atoms with E-state index in [-0.39, 0.29) is 55.1 Å². The van der Waals surface area contributed by atoms with Gasteiger partial charge in [0.15, 0.2) is 0 Å². The fourth-order valence-electron chi connectivity index (χ4n) is 9.90. The second kappa shape index (κ2) is 74.1. The Bertz CT molecular complexity index is 2860. The topological polar surface area (TPSA) is 309 Å². The van der Waals surface area contributed by atoms with Gasteiger partial charge in [-0.1, -0.05) is 35.5 Å². The lowest BCUT2D eigenvalue weighted by Crippen LogP contribution is -2.34. The lowest BCUT2D eigenvalue weighted by molar-refractivity contribution is -0.0207. The van der Waals surface area contributed by atoms with Gasteiger partial charge >= 0.3 is 0 Å². The molecule has 0 aliphatic rings. The Labute approximate surface area is 692 Å². The number of hydrogen-bond acceptors (Lipinski definition) is 27. The average Bonchev–Trinajstić information content (AvgIpc) is 0.851. The summed E-state index contributed by atoms with van der Waals surface area (Å²) in [5.41, 5.74) is 5.21. The Morgan fingerprint density at radius 1 is 0.214 bits per heavy atom. The minimum absolute atomic E-state index is 0.170. The van der Waals surface area contributed by atoms with E-state index in [1.54, 1.807) is 115 Å². The summed E-state index contributed by atoms with van der Waals surface area (Å²) in [4.78, 5) is 40.9. The Kier molecular flexibility index (Phi) is 64.8. The van der Waals surface area contributed by atoms with Gasteiger partial charge in [-0.25, -0.2) is 0 Å². The number of carbonyl (C=O) groups is 3. The molecule has 3 amide bonds. The number of rotatable bonds is 75. The highest BCUT2D eigenvalue weighted by Crippen LogP contribution is 2.14. The van der Waals surface area contributed by atoms with Crippen molar-refractivity contribution in [1.82, 2.24) is 16.0 Å². The van der Waals surface area contributed by atoms with Crippen LogP contribution >= 0.6 is 0 Å². The van der Waals surface area contributed by atoms with Crippen LogP contribution in [0.2, 0.25) is 0 Å². The molecular formula is C87H129N3O27. The van der Waals surface area contributed by atoms with Crippen molar-refractivity contribution in [3.8, 4) is 35.5 Å². The number of nitrogens with one attached hydrogen (secondary N) is 3. The molecule has 4 aromatic rings. The third kappa shape index (κ3) is 56.2. The predicted octanol–water partition coefficient (Wildman–Crippen LogP) is 5.10. The van der Waals surface area contributed by atoms with Gasteiger partial charge in [0.2, 0.25) is 0 Å². The lowest BCUT2D eigenvalue weighted by Gasteiger charge is -2.18. The van der Waals surface area contributed by atoms with Crippen molar-refractivity contribution in [3.63, 3.8) is 0 Å². The molecule has 654 valence electrons. The van der Waals surface area contributed by atoms with Gasteiger partial charge in [0.1, 0.15) is 0 Å². The minimum Gasteiger partial charge on any atom is -0.382 e. The zero-order valence-electron chi connectivity index (χ0n) is 69.7. The van der Waals surface area contributed by atoms with Gasteiger partial charge in [0.05, 0.1) is 277 Å². The highest BCUT2D eigenvalue weighted by atomic mass is 16.6. The Balaban J connectivity index is 1.50. The molecule has 4 rings (SSSR count). The molecule has 0 spiro atoms. The third-order valence-electron chi connectivity index (χ3n) is 16.3. The average molecular weight is 1650 g/mol. The van der Waals surface area contributed by atoms with E-state index >= 15 is 0 Å². The maximum absolute atomic E-state index is 13.6. The maximum atomic E-state index is 13.6. The first-order valence-electron chi connectivity index (χ1n) is 39.9. The number of ether oxygens (including phenoxy) is 24. The van der Waals surface area contributed by atoms with Crippen LogP contribution in [0.15, 0.2) is 91.0 Å². The monoisotopic (exact) mass is 1650 g/mol. The second-order valence-corrected chi connectivity index (χ2v) is 25.8. The summed E-state index contributed by atoms with van der Waals surface area (Å²) in [5, 5.41) is 9.13. The Morgan fingerprint density at radius 3 is 0.521 bits per heavy atom. The van der Waals surface area contributed by atoms with E-state index in [2.05, 4.69) is 51.5 Å². The molecule has 0 unspecified atom stereocenters. The molecule has 0 saturated heterocycles. The highest BCUT2D eigenvalue weighted by molar-refractivity contribution is 5.95. The highest BCUT2D eigenvalue weighted by Gasteiger charge is 2.18. The molecular weight excluding hydrogens is 1520 g/mol. The van der Waals surface area contributed by atoms with Crippen molar-refractivity contribution in [3.05, 3.63) is 141 Å². The van der Waals surface area contributed by atoms with E-state index in [1.807, 2.05) is 18.2 Å². The molecule has 30 heteroatoms. The lowest BCUT2D eigenvalue weighted by atomic mass is 10.0.